The van der Waals surface area contributed by atoms with Crippen LogP contribution < -0.4 is 11.1 Å². The van der Waals surface area contributed by atoms with Crippen molar-refractivity contribution in [3.8, 4) is 0 Å². The molecule has 3 aromatic rings. The predicted molar refractivity (Wildman–Crippen MR) is 93.2 cm³/mol. The van der Waals surface area contributed by atoms with Gasteiger partial charge in [0.2, 0.25) is 11.9 Å². The molecule has 0 atom stereocenters. The minimum atomic E-state index is -0.243. The van der Waals surface area contributed by atoms with E-state index in [1.54, 1.807) is 18.2 Å². The van der Waals surface area contributed by atoms with Gasteiger partial charge in [-0.1, -0.05) is 35.9 Å². The smallest absolute Gasteiger partial charge is 0.325 e. The maximum absolute atomic E-state index is 11.9. The number of benzene rings is 2. The summed E-state index contributed by atoms with van der Waals surface area (Å²) in [6.45, 7) is 0. The van der Waals surface area contributed by atoms with E-state index in [1.165, 1.54) is 0 Å². The van der Waals surface area contributed by atoms with Crippen LogP contribution in [0.4, 0.5) is 6.01 Å². The molecule has 24 heavy (non-hydrogen) atoms. The average Bonchev–Trinajstić information content (AvgIpc) is 2.95. The monoisotopic (exact) mass is 342 g/mol. The van der Waals surface area contributed by atoms with Gasteiger partial charge in [0.05, 0.1) is 0 Å². The Labute approximate surface area is 143 Å². The fourth-order valence-corrected chi connectivity index (χ4v) is 2.41. The summed E-state index contributed by atoms with van der Waals surface area (Å²) in [4.78, 5) is 20.1. The summed E-state index contributed by atoms with van der Waals surface area (Å²) in [6, 6.07) is 14.7. The molecule has 0 radical (unpaired) electrons. The minimum absolute atomic E-state index is 0.0577. The number of nitrogens with zero attached hydrogens (tertiary/aromatic N) is 2. The van der Waals surface area contributed by atoms with Gasteiger partial charge in [0, 0.05) is 11.4 Å². The number of oxazole rings is 1. The van der Waals surface area contributed by atoms with Gasteiger partial charge >= 0.3 is 6.01 Å². The van der Waals surface area contributed by atoms with Crippen LogP contribution in [0.15, 0.2) is 57.9 Å². The summed E-state index contributed by atoms with van der Waals surface area (Å²) in [5.74, 6) is -0.301. The highest BCUT2D eigenvalue weighted by Crippen LogP contribution is 2.20. The van der Waals surface area contributed by atoms with E-state index in [4.69, 9.17) is 21.8 Å². The van der Waals surface area contributed by atoms with E-state index in [9.17, 15) is 4.79 Å². The molecule has 1 heterocycles. The third kappa shape index (κ3) is 4.11. The van der Waals surface area contributed by atoms with Crippen LogP contribution in [0.5, 0.6) is 0 Å². The van der Waals surface area contributed by atoms with E-state index < -0.39 is 0 Å². The highest BCUT2D eigenvalue weighted by Gasteiger charge is 2.07. The minimum Gasteiger partial charge on any atom is -0.422 e. The number of aliphatic imine (C=N–C) groups is 1. The largest absolute Gasteiger partial charge is 0.422 e. The molecule has 0 bridgehead atoms. The van der Waals surface area contributed by atoms with E-state index in [-0.39, 0.29) is 24.3 Å². The topological polar surface area (TPSA) is 93.5 Å². The first-order chi connectivity index (χ1) is 11.6. The van der Waals surface area contributed by atoms with Crippen molar-refractivity contribution in [2.45, 2.75) is 12.8 Å². The highest BCUT2D eigenvalue weighted by molar-refractivity contribution is 6.30. The van der Waals surface area contributed by atoms with Crippen LogP contribution in [-0.4, -0.2) is 16.9 Å². The molecule has 0 saturated carbocycles. The van der Waals surface area contributed by atoms with Crippen LogP contribution >= 0.6 is 11.6 Å². The highest BCUT2D eigenvalue weighted by atomic mass is 35.5. The normalized spacial score (nSPS) is 11.6. The summed E-state index contributed by atoms with van der Waals surface area (Å²) < 4.78 is 5.42. The number of aromatic nitrogens is 1. The van der Waals surface area contributed by atoms with E-state index in [1.807, 2.05) is 30.3 Å². The van der Waals surface area contributed by atoms with Crippen LogP contribution in [0.3, 0.4) is 0 Å². The maximum atomic E-state index is 11.9. The molecular weight excluding hydrogens is 328 g/mol. The standard InChI is InChI=1S/C17H15ClN4O2/c18-12-5-3-4-11(10-12)8-9-15(23)21-16(19)22-17-20-13-6-1-2-7-14(13)24-17/h1-7,10H,8-9H2,(H3,19,20,21,22,23). The lowest BCUT2D eigenvalue weighted by Crippen LogP contribution is -2.36. The zero-order chi connectivity index (χ0) is 16.9. The lowest BCUT2D eigenvalue weighted by Gasteiger charge is -2.04. The number of hydrogen-bond donors (Lipinski definition) is 2. The third-order valence-corrected chi connectivity index (χ3v) is 3.53. The molecule has 2 aromatic carbocycles. The Bertz CT molecular complexity index is 871. The maximum Gasteiger partial charge on any atom is 0.325 e. The fraction of sp³-hybridized carbons (Fsp3) is 0.118. The molecule has 0 saturated heterocycles. The van der Waals surface area contributed by atoms with Crippen molar-refractivity contribution in [3.63, 3.8) is 0 Å². The van der Waals surface area contributed by atoms with Crippen LogP contribution in [0.25, 0.3) is 11.1 Å². The number of carbonyl (C=O) groups is 1. The van der Waals surface area contributed by atoms with Gasteiger partial charge in [-0.25, -0.2) is 0 Å². The van der Waals surface area contributed by atoms with Gasteiger partial charge in [0.15, 0.2) is 5.58 Å². The number of aryl methyl sites for hydroxylation is 1. The lowest BCUT2D eigenvalue weighted by atomic mass is 10.1. The molecule has 0 aliphatic rings. The molecule has 3 N–H and O–H groups in total. The number of carbonyl (C=O) groups excluding carboxylic acids is 1. The van der Waals surface area contributed by atoms with Gasteiger partial charge in [-0.3, -0.25) is 10.1 Å². The van der Waals surface area contributed by atoms with Crippen LogP contribution in [0.1, 0.15) is 12.0 Å². The summed E-state index contributed by atoms with van der Waals surface area (Å²) in [7, 11) is 0. The average molecular weight is 343 g/mol. The third-order valence-electron chi connectivity index (χ3n) is 3.30. The van der Waals surface area contributed by atoms with Gasteiger partial charge in [-0.15, -0.1) is 0 Å². The van der Waals surface area contributed by atoms with Crippen molar-refractivity contribution < 1.29 is 9.21 Å². The Hall–Kier alpha value is -2.86. The summed E-state index contributed by atoms with van der Waals surface area (Å²) >= 11 is 5.91. The number of guanidine groups is 1. The number of nitrogens with two attached hydrogens (primary N) is 1. The quantitative estimate of drug-likeness (QED) is 0.562. The number of nitrogens with one attached hydrogen (secondary N) is 1. The number of halogens is 1. The molecule has 0 fully saturated rings. The van der Waals surface area contributed by atoms with Crippen molar-refractivity contribution in [1.82, 2.24) is 10.3 Å². The van der Waals surface area contributed by atoms with E-state index in [0.717, 1.165) is 5.56 Å². The molecular formula is C17H15ClN4O2. The molecule has 0 unspecified atom stereocenters. The van der Waals surface area contributed by atoms with Gasteiger partial charge in [0.1, 0.15) is 5.52 Å². The molecule has 0 aliphatic heterocycles. The number of rotatable bonds is 4. The SMILES string of the molecule is NC(=Nc1nc2ccccc2o1)NC(=O)CCc1cccc(Cl)c1. The first-order valence-corrected chi connectivity index (χ1v) is 7.72. The molecule has 122 valence electrons. The zero-order valence-electron chi connectivity index (χ0n) is 12.7. The number of fused-ring (bicyclic) bond motifs is 1. The molecule has 6 nitrogen and oxygen atoms in total. The number of hydrogen-bond acceptors (Lipinski definition) is 4. The van der Waals surface area contributed by atoms with Crippen molar-refractivity contribution in [2.24, 2.45) is 10.7 Å². The second kappa shape index (κ2) is 7.14. The molecule has 7 heteroatoms. The van der Waals surface area contributed by atoms with Gasteiger partial charge in [-0.2, -0.15) is 9.98 Å². The van der Waals surface area contributed by atoms with Gasteiger partial charge < -0.3 is 10.2 Å². The molecule has 0 spiro atoms. The summed E-state index contributed by atoms with van der Waals surface area (Å²) in [5, 5.41) is 3.16. The van der Waals surface area contributed by atoms with Crippen molar-refractivity contribution in [1.29, 1.82) is 0 Å². The molecule has 1 aromatic heterocycles. The van der Waals surface area contributed by atoms with Crippen LogP contribution in [0, 0.1) is 0 Å². The van der Waals surface area contributed by atoms with Gasteiger partial charge in [0.25, 0.3) is 0 Å². The van der Waals surface area contributed by atoms with Crippen LogP contribution in [-0.2, 0) is 11.2 Å². The Kier molecular flexibility index (Phi) is 4.77. The van der Waals surface area contributed by atoms with Gasteiger partial charge in [-0.05, 0) is 36.2 Å². The predicted octanol–water partition coefficient (Wildman–Crippen LogP) is 3.18. The Morgan fingerprint density at radius 3 is 2.88 bits per heavy atom. The summed E-state index contributed by atoms with van der Waals surface area (Å²) in [6.07, 6.45) is 0.826. The summed E-state index contributed by atoms with van der Waals surface area (Å²) in [5.41, 5.74) is 7.98. The zero-order valence-corrected chi connectivity index (χ0v) is 13.5. The number of para-hydroxylation sites is 2. The Morgan fingerprint density at radius 1 is 1.25 bits per heavy atom. The Morgan fingerprint density at radius 2 is 2.08 bits per heavy atom. The van der Waals surface area contributed by atoms with E-state index in [0.29, 0.717) is 22.5 Å². The van der Waals surface area contributed by atoms with Crippen molar-refractivity contribution in [2.75, 3.05) is 0 Å². The lowest BCUT2D eigenvalue weighted by molar-refractivity contribution is -0.119. The first-order valence-electron chi connectivity index (χ1n) is 7.34. The van der Waals surface area contributed by atoms with E-state index in [2.05, 4.69) is 15.3 Å². The number of amides is 1. The first kappa shape index (κ1) is 16.0. The fourth-order valence-electron chi connectivity index (χ4n) is 2.19. The van der Waals surface area contributed by atoms with E-state index >= 15 is 0 Å². The molecule has 1 amide bonds. The Balaban J connectivity index is 1.59. The molecule has 0 aliphatic carbocycles. The second-order valence-electron chi connectivity index (χ2n) is 5.14. The van der Waals surface area contributed by atoms with Crippen molar-refractivity contribution >= 4 is 40.6 Å². The van der Waals surface area contributed by atoms with Crippen molar-refractivity contribution in [3.05, 3.63) is 59.1 Å². The van der Waals surface area contributed by atoms with Crippen LogP contribution in [0.2, 0.25) is 5.02 Å². The molecule has 3 rings (SSSR count). The second-order valence-corrected chi connectivity index (χ2v) is 5.58.